The van der Waals surface area contributed by atoms with Gasteiger partial charge in [-0.1, -0.05) is 0 Å². The zero-order valence-electron chi connectivity index (χ0n) is 13.5. The van der Waals surface area contributed by atoms with Crippen molar-refractivity contribution < 1.29 is 8.42 Å². The topological polar surface area (TPSA) is 54.7 Å². The molecule has 0 spiro atoms. The van der Waals surface area contributed by atoms with Crippen molar-refractivity contribution in [3.05, 3.63) is 23.0 Å². The maximum absolute atomic E-state index is 11.9. The number of imidazole rings is 1. The van der Waals surface area contributed by atoms with Gasteiger partial charge in [-0.3, -0.25) is 9.30 Å². The van der Waals surface area contributed by atoms with E-state index in [1.165, 1.54) is 30.5 Å². The second-order valence-corrected chi connectivity index (χ2v) is 10.5. The molecule has 2 aromatic rings. The van der Waals surface area contributed by atoms with Crippen LogP contribution in [-0.2, 0) is 16.4 Å². The van der Waals surface area contributed by atoms with Gasteiger partial charge in [0.2, 0.25) is 0 Å². The summed E-state index contributed by atoms with van der Waals surface area (Å²) in [4.78, 5) is 7.90. The summed E-state index contributed by atoms with van der Waals surface area (Å²) in [6.07, 6.45) is 5.81. The zero-order valence-corrected chi connectivity index (χ0v) is 15.2. The fourth-order valence-electron chi connectivity index (χ4n) is 2.77. The molecule has 3 rings (SSSR count). The highest BCUT2D eigenvalue weighted by atomic mass is 32.2. The van der Waals surface area contributed by atoms with Gasteiger partial charge in [0.05, 0.1) is 16.1 Å². The van der Waals surface area contributed by atoms with Crippen molar-refractivity contribution in [3.63, 3.8) is 0 Å². The Bertz CT molecular complexity index is 785. The first-order chi connectivity index (χ1) is 10.2. The first-order valence-corrected chi connectivity index (χ1v) is 10.3. The van der Waals surface area contributed by atoms with Crippen LogP contribution in [0.25, 0.3) is 4.96 Å². The first kappa shape index (κ1) is 16.0. The van der Waals surface area contributed by atoms with Crippen LogP contribution in [0.5, 0.6) is 0 Å². The highest BCUT2D eigenvalue weighted by Crippen LogP contribution is 2.42. The smallest absolute Gasteiger partial charge is 0.194 e. The molecule has 1 fully saturated rings. The summed E-state index contributed by atoms with van der Waals surface area (Å²) in [6, 6.07) is 0. The van der Waals surface area contributed by atoms with Crippen molar-refractivity contribution in [2.24, 2.45) is 0 Å². The van der Waals surface area contributed by atoms with E-state index in [9.17, 15) is 8.42 Å². The number of thiazole rings is 1. The van der Waals surface area contributed by atoms with Crippen LogP contribution >= 0.6 is 11.3 Å². The molecule has 22 heavy (non-hydrogen) atoms. The number of fused-ring (bicyclic) bond motifs is 1. The minimum absolute atomic E-state index is 0.507. The molecule has 0 unspecified atom stereocenters. The van der Waals surface area contributed by atoms with Gasteiger partial charge in [0.1, 0.15) is 0 Å². The van der Waals surface area contributed by atoms with E-state index < -0.39 is 14.6 Å². The molecule has 1 saturated carbocycles. The Morgan fingerprint density at radius 2 is 2.14 bits per heavy atom. The van der Waals surface area contributed by atoms with Gasteiger partial charge in [0.25, 0.3) is 0 Å². The Morgan fingerprint density at radius 3 is 2.73 bits per heavy atom. The van der Waals surface area contributed by atoms with Crippen LogP contribution in [0, 0.1) is 0 Å². The SMILES string of the molecule is CN(Cc1c(C2CC2)nc2sccn12)CC(C)(C)S(C)(=O)=O. The lowest BCUT2D eigenvalue weighted by molar-refractivity contribution is 0.291. The molecule has 0 atom stereocenters. The zero-order chi connectivity index (χ0) is 16.1. The molecular weight excluding hydrogens is 318 g/mol. The average Bonchev–Trinajstić information content (AvgIpc) is 3.01. The van der Waals surface area contributed by atoms with Crippen LogP contribution in [0.1, 0.15) is 44.0 Å². The molecule has 0 aromatic carbocycles. The molecule has 5 nitrogen and oxygen atoms in total. The van der Waals surface area contributed by atoms with Crippen molar-refractivity contribution in [1.29, 1.82) is 0 Å². The number of rotatable bonds is 6. The van der Waals surface area contributed by atoms with Gasteiger partial charge >= 0.3 is 0 Å². The van der Waals surface area contributed by atoms with E-state index in [0.717, 1.165) is 11.5 Å². The number of aromatic nitrogens is 2. The summed E-state index contributed by atoms with van der Waals surface area (Å²) in [5.74, 6) is 0.596. The fraction of sp³-hybridized carbons (Fsp3) is 0.667. The largest absolute Gasteiger partial charge is 0.299 e. The van der Waals surface area contributed by atoms with E-state index in [4.69, 9.17) is 4.98 Å². The fourth-order valence-corrected chi connectivity index (χ4v) is 3.96. The van der Waals surface area contributed by atoms with E-state index >= 15 is 0 Å². The highest BCUT2D eigenvalue weighted by molar-refractivity contribution is 7.92. The summed E-state index contributed by atoms with van der Waals surface area (Å²) in [7, 11) is -1.10. The summed E-state index contributed by atoms with van der Waals surface area (Å²) >= 11 is 1.65. The molecule has 0 aliphatic heterocycles. The van der Waals surface area contributed by atoms with Crippen molar-refractivity contribution in [1.82, 2.24) is 14.3 Å². The lowest BCUT2D eigenvalue weighted by Gasteiger charge is -2.28. The lowest BCUT2D eigenvalue weighted by Crippen LogP contribution is -2.42. The summed E-state index contributed by atoms with van der Waals surface area (Å²) in [5.41, 5.74) is 2.42. The molecule has 2 heterocycles. The van der Waals surface area contributed by atoms with E-state index in [2.05, 4.69) is 15.5 Å². The summed E-state index contributed by atoms with van der Waals surface area (Å²) in [6.45, 7) is 4.81. The molecule has 0 radical (unpaired) electrons. The maximum atomic E-state index is 11.9. The molecule has 122 valence electrons. The molecule has 0 saturated heterocycles. The van der Waals surface area contributed by atoms with Crippen molar-refractivity contribution in [3.8, 4) is 0 Å². The first-order valence-electron chi connectivity index (χ1n) is 7.51. The monoisotopic (exact) mass is 341 g/mol. The number of sulfone groups is 1. The van der Waals surface area contributed by atoms with Gasteiger partial charge in [-0.15, -0.1) is 11.3 Å². The second-order valence-electron chi connectivity index (χ2n) is 6.98. The standard InChI is InChI=1S/C15H23N3O2S2/c1-15(2,22(4,19)20)10-17(3)9-12-13(11-5-6-11)16-14-18(12)7-8-21-14/h7-8,11H,5-6,9-10H2,1-4H3. The Labute approximate surface area is 135 Å². The Kier molecular flexibility index (Phi) is 3.86. The minimum atomic E-state index is -3.08. The average molecular weight is 342 g/mol. The normalized spacial score (nSPS) is 16.8. The van der Waals surface area contributed by atoms with Crippen LogP contribution < -0.4 is 0 Å². The minimum Gasteiger partial charge on any atom is -0.299 e. The summed E-state index contributed by atoms with van der Waals surface area (Å²) in [5, 5.41) is 2.04. The molecule has 7 heteroatoms. The van der Waals surface area contributed by atoms with E-state index in [1.54, 1.807) is 25.2 Å². The Balaban J connectivity index is 1.83. The van der Waals surface area contributed by atoms with Gasteiger partial charge in [0, 0.05) is 36.8 Å². The highest BCUT2D eigenvalue weighted by Gasteiger charge is 2.34. The number of nitrogens with zero attached hydrogens (tertiary/aromatic N) is 3. The third-order valence-corrected chi connectivity index (χ3v) is 7.32. The predicted molar refractivity (Wildman–Crippen MR) is 90.3 cm³/mol. The van der Waals surface area contributed by atoms with Crippen molar-refractivity contribution in [2.75, 3.05) is 19.8 Å². The van der Waals surface area contributed by atoms with Crippen molar-refractivity contribution in [2.45, 2.75) is 43.9 Å². The quantitative estimate of drug-likeness (QED) is 0.810. The predicted octanol–water partition coefficient (Wildman–Crippen LogP) is 2.53. The molecule has 1 aliphatic rings. The van der Waals surface area contributed by atoms with Crippen LogP contribution in [0.2, 0.25) is 0 Å². The lowest BCUT2D eigenvalue weighted by atomic mass is 10.1. The van der Waals surface area contributed by atoms with Gasteiger partial charge in [-0.25, -0.2) is 13.4 Å². The van der Waals surface area contributed by atoms with Gasteiger partial charge in [-0.2, -0.15) is 0 Å². The van der Waals surface area contributed by atoms with E-state index in [0.29, 0.717) is 12.5 Å². The maximum Gasteiger partial charge on any atom is 0.194 e. The van der Waals surface area contributed by atoms with Crippen LogP contribution in [0.15, 0.2) is 11.6 Å². The van der Waals surface area contributed by atoms with Crippen LogP contribution in [-0.4, -0.2) is 47.3 Å². The number of hydrogen-bond donors (Lipinski definition) is 0. The van der Waals surface area contributed by atoms with Gasteiger partial charge in [0.15, 0.2) is 14.8 Å². The van der Waals surface area contributed by atoms with Crippen LogP contribution in [0.3, 0.4) is 0 Å². The molecule has 1 aliphatic carbocycles. The second kappa shape index (κ2) is 5.32. The van der Waals surface area contributed by atoms with E-state index in [-0.39, 0.29) is 0 Å². The number of hydrogen-bond acceptors (Lipinski definition) is 5. The Hall–Kier alpha value is -0.920. The molecule has 0 bridgehead atoms. The third-order valence-electron chi connectivity index (χ3n) is 4.43. The summed E-state index contributed by atoms with van der Waals surface area (Å²) < 4.78 is 25.2. The molecule has 0 amide bonds. The molecule has 0 N–H and O–H groups in total. The van der Waals surface area contributed by atoms with Crippen LogP contribution in [0.4, 0.5) is 0 Å². The molecular formula is C15H23N3O2S2. The van der Waals surface area contributed by atoms with Crippen molar-refractivity contribution >= 4 is 26.1 Å². The molecule has 2 aromatic heterocycles. The third kappa shape index (κ3) is 2.94. The van der Waals surface area contributed by atoms with Gasteiger partial charge < -0.3 is 0 Å². The van der Waals surface area contributed by atoms with E-state index in [1.807, 2.05) is 12.4 Å². The Morgan fingerprint density at radius 1 is 1.45 bits per heavy atom. The van der Waals surface area contributed by atoms with Gasteiger partial charge in [-0.05, 0) is 33.7 Å².